The van der Waals surface area contributed by atoms with Crippen LogP contribution in [-0.2, 0) is 10.0 Å². The zero-order valence-electron chi connectivity index (χ0n) is 8.82. The molecule has 0 bridgehead atoms. The van der Waals surface area contributed by atoms with E-state index in [9.17, 15) is 8.42 Å². The van der Waals surface area contributed by atoms with Gasteiger partial charge in [-0.15, -0.1) is 0 Å². The zero-order chi connectivity index (χ0) is 11.3. The largest absolute Gasteiger partial charge is 0.370 e. The lowest BCUT2D eigenvalue weighted by Gasteiger charge is -2.05. The number of rotatable bonds is 5. The second-order valence-electron chi connectivity index (χ2n) is 2.91. The SMILES string of the molecule is CCNc1ccc(S(=O)(=O)NCC)cn1. The third kappa shape index (κ3) is 3.17. The summed E-state index contributed by atoms with van der Waals surface area (Å²) >= 11 is 0. The van der Waals surface area contributed by atoms with Crippen LogP contribution in [0.5, 0.6) is 0 Å². The van der Waals surface area contributed by atoms with Crippen molar-refractivity contribution in [3.05, 3.63) is 18.3 Å². The fourth-order valence-corrected chi connectivity index (χ4v) is 2.08. The molecule has 0 spiro atoms. The Balaban J connectivity index is 2.89. The van der Waals surface area contributed by atoms with Crippen molar-refractivity contribution < 1.29 is 8.42 Å². The number of hydrogen-bond donors (Lipinski definition) is 2. The topological polar surface area (TPSA) is 71.1 Å². The van der Waals surface area contributed by atoms with Gasteiger partial charge in [-0.1, -0.05) is 6.92 Å². The van der Waals surface area contributed by atoms with Crippen molar-refractivity contribution in [3.8, 4) is 0 Å². The second-order valence-corrected chi connectivity index (χ2v) is 4.68. The van der Waals surface area contributed by atoms with Crippen LogP contribution in [0.1, 0.15) is 13.8 Å². The molecule has 0 amide bonds. The van der Waals surface area contributed by atoms with E-state index in [1.807, 2.05) is 6.92 Å². The fraction of sp³-hybridized carbons (Fsp3) is 0.444. The highest BCUT2D eigenvalue weighted by Crippen LogP contribution is 2.09. The molecule has 0 aromatic carbocycles. The highest BCUT2D eigenvalue weighted by molar-refractivity contribution is 7.89. The third-order valence-corrected chi connectivity index (χ3v) is 3.27. The Bertz CT molecular complexity index is 400. The molecule has 1 rings (SSSR count). The number of hydrogen-bond acceptors (Lipinski definition) is 4. The highest BCUT2D eigenvalue weighted by atomic mass is 32.2. The highest BCUT2D eigenvalue weighted by Gasteiger charge is 2.12. The van der Waals surface area contributed by atoms with Gasteiger partial charge in [0.15, 0.2) is 0 Å². The summed E-state index contributed by atoms with van der Waals surface area (Å²) in [7, 11) is -3.38. The first-order valence-corrected chi connectivity index (χ1v) is 6.28. The van der Waals surface area contributed by atoms with Crippen molar-refractivity contribution in [2.45, 2.75) is 18.7 Å². The van der Waals surface area contributed by atoms with Gasteiger partial charge in [-0.25, -0.2) is 18.1 Å². The number of pyridine rings is 1. The number of nitrogens with one attached hydrogen (secondary N) is 2. The van der Waals surface area contributed by atoms with Gasteiger partial charge in [0.2, 0.25) is 10.0 Å². The van der Waals surface area contributed by atoms with Crippen molar-refractivity contribution in [2.75, 3.05) is 18.4 Å². The van der Waals surface area contributed by atoms with Crippen LogP contribution in [0.3, 0.4) is 0 Å². The zero-order valence-corrected chi connectivity index (χ0v) is 9.63. The predicted octanol–water partition coefficient (Wildman–Crippen LogP) is 0.812. The molecule has 0 saturated heterocycles. The molecule has 2 N–H and O–H groups in total. The molecule has 6 heteroatoms. The van der Waals surface area contributed by atoms with E-state index in [0.717, 1.165) is 6.54 Å². The molecule has 0 aliphatic carbocycles. The lowest BCUT2D eigenvalue weighted by atomic mass is 10.4. The van der Waals surface area contributed by atoms with E-state index in [2.05, 4.69) is 15.0 Å². The maximum Gasteiger partial charge on any atom is 0.242 e. The van der Waals surface area contributed by atoms with Crippen LogP contribution in [0.4, 0.5) is 5.82 Å². The summed E-state index contributed by atoms with van der Waals surface area (Å²) in [5.41, 5.74) is 0. The van der Waals surface area contributed by atoms with E-state index < -0.39 is 10.0 Å². The van der Waals surface area contributed by atoms with Crippen molar-refractivity contribution >= 4 is 15.8 Å². The van der Waals surface area contributed by atoms with Crippen molar-refractivity contribution in [3.63, 3.8) is 0 Å². The summed E-state index contributed by atoms with van der Waals surface area (Å²) in [6.45, 7) is 4.81. The first-order valence-electron chi connectivity index (χ1n) is 4.79. The molecule has 15 heavy (non-hydrogen) atoms. The monoisotopic (exact) mass is 229 g/mol. The van der Waals surface area contributed by atoms with Crippen LogP contribution in [0, 0.1) is 0 Å². The molecule has 84 valence electrons. The summed E-state index contributed by atoms with van der Waals surface area (Å²) in [4.78, 5) is 4.17. The van der Waals surface area contributed by atoms with E-state index >= 15 is 0 Å². The maximum atomic E-state index is 11.5. The van der Waals surface area contributed by atoms with Crippen LogP contribution < -0.4 is 10.0 Å². The Kier molecular flexibility index (Phi) is 4.05. The normalized spacial score (nSPS) is 11.3. The molecule has 0 atom stereocenters. The van der Waals surface area contributed by atoms with Crippen molar-refractivity contribution in [1.82, 2.24) is 9.71 Å². The molecule has 1 aromatic heterocycles. The molecular formula is C9H15N3O2S. The van der Waals surface area contributed by atoms with Crippen LogP contribution in [-0.4, -0.2) is 26.5 Å². The smallest absolute Gasteiger partial charge is 0.242 e. The number of nitrogens with zero attached hydrogens (tertiary/aromatic N) is 1. The Hall–Kier alpha value is -1.14. The Labute approximate surface area is 90.0 Å². The summed E-state index contributed by atoms with van der Waals surface area (Å²) in [5, 5.41) is 2.99. The van der Waals surface area contributed by atoms with Gasteiger partial charge in [0, 0.05) is 19.3 Å². The molecule has 0 fully saturated rings. The lowest BCUT2D eigenvalue weighted by Crippen LogP contribution is -2.23. The van der Waals surface area contributed by atoms with Gasteiger partial charge < -0.3 is 5.32 Å². The molecular weight excluding hydrogens is 214 g/mol. The predicted molar refractivity (Wildman–Crippen MR) is 59.3 cm³/mol. The molecule has 0 aliphatic heterocycles. The van der Waals surface area contributed by atoms with Crippen LogP contribution in [0.25, 0.3) is 0 Å². The number of anilines is 1. The van der Waals surface area contributed by atoms with Crippen LogP contribution in [0.15, 0.2) is 23.2 Å². The van der Waals surface area contributed by atoms with E-state index in [0.29, 0.717) is 12.4 Å². The van der Waals surface area contributed by atoms with Crippen molar-refractivity contribution in [1.29, 1.82) is 0 Å². The summed E-state index contributed by atoms with van der Waals surface area (Å²) in [5.74, 6) is 0.674. The van der Waals surface area contributed by atoms with Gasteiger partial charge in [0.1, 0.15) is 10.7 Å². The fourth-order valence-electron chi connectivity index (χ4n) is 1.10. The van der Waals surface area contributed by atoms with Gasteiger partial charge in [-0.2, -0.15) is 0 Å². The van der Waals surface area contributed by atoms with Gasteiger partial charge in [0.05, 0.1) is 0 Å². The van der Waals surface area contributed by atoms with Gasteiger partial charge in [-0.05, 0) is 19.1 Å². The lowest BCUT2D eigenvalue weighted by molar-refractivity contribution is 0.583. The first-order chi connectivity index (χ1) is 7.10. The van der Waals surface area contributed by atoms with E-state index in [1.54, 1.807) is 13.0 Å². The molecule has 1 heterocycles. The van der Waals surface area contributed by atoms with E-state index in [4.69, 9.17) is 0 Å². The first kappa shape index (κ1) is 11.9. The minimum absolute atomic E-state index is 0.186. The Morgan fingerprint density at radius 1 is 1.27 bits per heavy atom. The number of sulfonamides is 1. The molecule has 1 aromatic rings. The minimum atomic E-state index is -3.38. The van der Waals surface area contributed by atoms with Gasteiger partial charge in [-0.3, -0.25) is 0 Å². The van der Waals surface area contributed by atoms with E-state index in [-0.39, 0.29) is 4.90 Å². The van der Waals surface area contributed by atoms with E-state index in [1.165, 1.54) is 12.3 Å². The second kappa shape index (κ2) is 5.09. The molecule has 0 aliphatic rings. The van der Waals surface area contributed by atoms with Crippen molar-refractivity contribution in [2.24, 2.45) is 0 Å². The molecule has 5 nitrogen and oxygen atoms in total. The molecule has 0 radical (unpaired) electrons. The molecule has 0 saturated carbocycles. The quantitative estimate of drug-likeness (QED) is 0.784. The number of aromatic nitrogens is 1. The van der Waals surface area contributed by atoms with Crippen LogP contribution in [0.2, 0.25) is 0 Å². The average Bonchev–Trinajstić information content (AvgIpc) is 2.19. The average molecular weight is 229 g/mol. The van der Waals surface area contributed by atoms with Gasteiger partial charge >= 0.3 is 0 Å². The van der Waals surface area contributed by atoms with Gasteiger partial charge in [0.25, 0.3) is 0 Å². The Morgan fingerprint density at radius 3 is 2.47 bits per heavy atom. The summed E-state index contributed by atoms with van der Waals surface area (Å²) in [6.07, 6.45) is 1.34. The van der Waals surface area contributed by atoms with Crippen LogP contribution >= 0.6 is 0 Å². The third-order valence-electron chi connectivity index (χ3n) is 1.74. The maximum absolute atomic E-state index is 11.5. The Morgan fingerprint density at radius 2 is 2.00 bits per heavy atom. The standard InChI is InChI=1S/C9H15N3O2S/c1-3-10-9-6-5-8(7-11-9)15(13,14)12-4-2/h5-7,12H,3-4H2,1-2H3,(H,10,11). The summed E-state index contributed by atoms with van der Waals surface area (Å²) in [6, 6.07) is 3.18. The molecule has 0 unspecified atom stereocenters. The summed E-state index contributed by atoms with van der Waals surface area (Å²) < 4.78 is 25.5. The minimum Gasteiger partial charge on any atom is -0.370 e.